The van der Waals surface area contributed by atoms with Crippen LogP contribution in [0.2, 0.25) is 0 Å². The van der Waals surface area contributed by atoms with Gasteiger partial charge in [-0.25, -0.2) is 19.9 Å². The molecule has 6 heteroatoms. The largest absolute Gasteiger partial charge is 0.373 e. The van der Waals surface area contributed by atoms with Gasteiger partial charge in [0.05, 0.1) is 11.7 Å². The molecule has 0 radical (unpaired) electrons. The third-order valence-electron chi connectivity index (χ3n) is 3.52. The standard InChI is InChI=1S/C14H18N6/c1-10-18-11(9-13(15-2)19-10)12-5-3-8-20(12)14-16-6-4-7-17-14/h4,6-7,9,12H,3,5,8H2,1-2H3,(H,15,18,19). The third-order valence-corrected chi connectivity index (χ3v) is 3.52. The lowest BCUT2D eigenvalue weighted by Gasteiger charge is -2.24. The van der Waals surface area contributed by atoms with Crippen molar-refractivity contribution in [2.75, 3.05) is 23.8 Å². The summed E-state index contributed by atoms with van der Waals surface area (Å²) >= 11 is 0. The molecule has 0 spiro atoms. The molecule has 0 aliphatic carbocycles. The minimum absolute atomic E-state index is 0.228. The molecule has 1 unspecified atom stereocenters. The molecular formula is C14H18N6. The Hall–Kier alpha value is -2.24. The van der Waals surface area contributed by atoms with Crippen molar-refractivity contribution in [1.29, 1.82) is 0 Å². The van der Waals surface area contributed by atoms with Crippen LogP contribution in [-0.2, 0) is 0 Å². The lowest BCUT2D eigenvalue weighted by molar-refractivity contribution is 0.673. The minimum Gasteiger partial charge on any atom is -0.373 e. The van der Waals surface area contributed by atoms with Gasteiger partial charge in [0.15, 0.2) is 0 Å². The van der Waals surface area contributed by atoms with Gasteiger partial charge in [-0.3, -0.25) is 0 Å². The Kier molecular flexibility index (Phi) is 3.45. The second-order valence-electron chi connectivity index (χ2n) is 4.88. The van der Waals surface area contributed by atoms with Crippen LogP contribution >= 0.6 is 0 Å². The molecule has 1 N–H and O–H groups in total. The summed E-state index contributed by atoms with van der Waals surface area (Å²) in [7, 11) is 1.87. The van der Waals surface area contributed by atoms with Gasteiger partial charge in [0.1, 0.15) is 11.6 Å². The van der Waals surface area contributed by atoms with E-state index in [1.165, 1.54) is 0 Å². The summed E-state index contributed by atoms with van der Waals surface area (Å²) in [6, 6.07) is 4.08. The summed E-state index contributed by atoms with van der Waals surface area (Å²) in [5.41, 5.74) is 1.03. The van der Waals surface area contributed by atoms with E-state index in [1.54, 1.807) is 12.4 Å². The number of nitrogens with one attached hydrogen (secondary N) is 1. The Morgan fingerprint density at radius 3 is 2.80 bits per heavy atom. The van der Waals surface area contributed by atoms with E-state index in [4.69, 9.17) is 0 Å². The fourth-order valence-corrected chi connectivity index (χ4v) is 2.64. The molecule has 1 aliphatic rings. The molecular weight excluding hydrogens is 252 g/mol. The Morgan fingerprint density at radius 2 is 2.05 bits per heavy atom. The summed E-state index contributed by atoms with van der Waals surface area (Å²) in [6.45, 7) is 2.88. The first-order valence-corrected chi connectivity index (χ1v) is 6.85. The summed E-state index contributed by atoms with van der Waals surface area (Å²) in [4.78, 5) is 19.9. The number of aryl methyl sites for hydroxylation is 1. The van der Waals surface area contributed by atoms with Crippen molar-refractivity contribution >= 4 is 11.8 Å². The van der Waals surface area contributed by atoms with Gasteiger partial charge in [0.2, 0.25) is 5.95 Å². The van der Waals surface area contributed by atoms with Crippen LogP contribution in [0, 0.1) is 6.92 Å². The smallest absolute Gasteiger partial charge is 0.225 e. The SMILES string of the molecule is CNc1cc(C2CCCN2c2ncccn2)nc(C)n1. The number of anilines is 2. The van der Waals surface area contributed by atoms with Gasteiger partial charge in [-0.1, -0.05) is 0 Å². The predicted octanol–water partition coefficient (Wildman–Crippen LogP) is 1.96. The normalized spacial score (nSPS) is 18.3. The van der Waals surface area contributed by atoms with Gasteiger partial charge < -0.3 is 10.2 Å². The lowest BCUT2D eigenvalue weighted by Crippen LogP contribution is -2.25. The zero-order valence-corrected chi connectivity index (χ0v) is 11.7. The fourth-order valence-electron chi connectivity index (χ4n) is 2.64. The second kappa shape index (κ2) is 5.40. The number of rotatable bonds is 3. The van der Waals surface area contributed by atoms with Crippen LogP contribution < -0.4 is 10.2 Å². The Morgan fingerprint density at radius 1 is 1.25 bits per heavy atom. The van der Waals surface area contributed by atoms with E-state index in [2.05, 4.69) is 30.2 Å². The maximum Gasteiger partial charge on any atom is 0.225 e. The summed E-state index contributed by atoms with van der Waals surface area (Å²) < 4.78 is 0. The van der Waals surface area contributed by atoms with Gasteiger partial charge in [0, 0.05) is 32.1 Å². The van der Waals surface area contributed by atoms with E-state index >= 15 is 0 Å². The highest BCUT2D eigenvalue weighted by atomic mass is 15.3. The first-order chi connectivity index (χ1) is 9.78. The highest BCUT2D eigenvalue weighted by Gasteiger charge is 2.29. The number of hydrogen-bond donors (Lipinski definition) is 1. The van der Waals surface area contributed by atoms with Crippen molar-refractivity contribution < 1.29 is 0 Å². The molecule has 1 fully saturated rings. The zero-order valence-electron chi connectivity index (χ0n) is 11.7. The summed E-state index contributed by atoms with van der Waals surface area (Å²) in [5.74, 6) is 2.42. The predicted molar refractivity (Wildman–Crippen MR) is 77.7 cm³/mol. The van der Waals surface area contributed by atoms with Crippen molar-refractivity contribution in [3.05, 3.63) is 36.0 Å². The van der Waals surface area contributed by atoms with E-state index < -0.39 is 0 Å². The van der Waals surface area contributed by atoms with Crippen molar-refractivity contribution in [2.45, 2.75) is 25.8 Å². The Labute approximate surface area is 118 Å². The first kappa shape index (κ1) is 12.8. The van der Waals surface area contributed by atoms with E-state index in [0.717, 1.165) is 42.7 Å². The van der Waals surface area contributed by atoms with Crippen molar-refractivity contribution in [1.82, 2.24) is 19.9 Å². The number of aromatic nitrogens is 4. The average Bonchev–Trinajstić information content (AvgIpc) is 2.97. The maximum absolute atomic E-state index is 4.59. The van der Waals surface area contributed by atoms with Gasteiger partial charge >= 0.3 is 0 Å². The monoisotopic (exact) mass is 270 g/mol. The van der Waals surface area contributed by atoms with Crippen molar-refractivity contribution in [2.24, 2.45) is 0 Å². The zero-order chi connectivity index (χ0) is 13.9. The van der Waals surface area contributed by atoms with Gasteiger partial charge in [-0.15, -0.1) is 0 Å². The highest BCUT2D eigenvalue weighted by molar-refractivity contribution is 5.41. The quantitative estimate of drug-likeness (QED) is 0.919. The molecule has 6 nitrogen and oxygen atoms in total. The molecule has 0 amide bonds. The molecule has 20 heavy (non-hydrogen) atoms. The molecule has 3 rings (SSSR count). The van der Waals surface area contributed by atoms with E-state index in [1.807, 2.05) is 26.1 Å². The van der Waals surface area contributed by atoms with E-state index in [9.17, 15) is 0 Å². The fraction of sp³-hybridized carbons (Fsp3) is 0.429. The molecule has 104 valence electrons. The van der Waals surface area contributed by atoms with Crippen LogP contribution in [0.15, 0.2) is 24.5 Å². The van der Waals surface area contributed by atoms with Crippen LogP contribution in [0.1, 0.15) is 30.4 Å². The summed E-state index contributed by atoms with van der Waals surface area (Å²) in [5, 5.41) is 3.09. The van der Waals surface area contributed by atoms with Gasteiger partial charge in [0.25, 0.3) is 0 Å². The van der Waals surface area contributed by atoms with Crippen LogP contribution in [0.25, 0.3) is 0 Å². The molecule has 1 atom stereocenters. The van der Waals surface area contributed by atoms with Crippen LogP contribution in [0.4, 0.5) is 11.8 Å². The van der Waals surface area contributed by atoms with Gasteiger partial charge in [-0.2, -0.15) is 0 Å². The molecule has 2 aromatic rings. The molecule has 0 aromatic carbocycles. The van der Waals surface area contributed by atoms with Crippen LogP contribution in [0.3, 0.4) is 0 Å². The summed E-state index contributed by atoms with van der Waals surface area (Å²) in [6.07, 6.45) is 5.75. The second-order valence-corrected chi connectivity index (χ2v) is 4.88. The average molecular weight is 270 g/mol. The molecule has 3 heterocycles. The topological polar surface area (TPSA) is 66.8 Å². The third kappa shape index (κ3) is 2.41. The lowest BCUT2D eigenvalue weighted by atomic mass is 10.1. The molecule has 1 aliphatic heterocycles. The number of hydrogen-bond acceptors (Lipinski definition) is 6. The Balaban J connectivity index is 1.94. The van der Waals surface area contributed by atoms with Gasteiger partial charge in [-0.05, 0) is 25.8 Å². The number of nitrogens with zero attached hydrogens (tertiary/aromatic N) is 5. The van der Waals surface area contributed by atoms with Crippen LogP contribution in [-0.4, -0.2) is 33.5 Å². The highest BCUT2D eigenvalue weighted by Crippen LogP contribution is 2.33. The van der Waals surface area contributed by atoms with E-state index in [-0.39, 0.29) is 6.04 Å². The van der Waals surface area contributed by atoms with Crippen LogP contribution in [0.5, 0.6) is 0 Å². The van der Waals surface area contributed by atoms with Crippen molar-refractivity contribution in [3.63, 3.8) is 0 Å². The molecule has 1 saturated heterocycles. The van der Waals surface area contributed by atoms with Crippen molar-refractivity contribution in [3.8, 4) is 0 Å². The Bertz CT molecular complexity index is 585. The molecule has 0 bridgehead atoms. The first-order valence-electron chi connectivity index (χ1n) is 6.85. The molecule has 0 saturated carbocycles. The molecule has 2 aromatic heterocycles. The maximum atomic E-state index is 4.59. The van der Waals surface area contributed by atoms with E-state index in [0.29, 0.717) is 0 Å². The minimum atomic E-state index is 0.228.